The Hall–Kier alpha value is -1.81. The van der Waals surface area contributed by atoms with Crippen molar-refractivity contribution in [1.29, 1.82) is 0 Å². The van der Waals surface area contributed by atoms with Crippen LogP contribution in [0.25, 0.3) is 11.1 Å². The van der Waals surface area contributed by atoms with E-state index in [4.69, 9.17) is 4.42 Å². The molecule has 0 atom stereocenters. The van der Waals surface area contributed by atoms with E-state index in [1.54, 1.807) is 0 Å². The van der Waals surface area contributed by atoms with E-state index in [1.165, 1.54) is 0 Å². The maximum absolute atomic E-state index is 5.55. The predicted octanol–water partition coefficient (Wildman–Crippen LogP) is 0.575. The highest BCUT2D eigenvalue weighted by Gasteiger charge is 2.03. The molecule has 1 aromatic heterocycles. The van der Waals surface area contributed by atoms with Crippen LogP contribution in [-0.2, 0) is 0 Å². The van der Waals surface area contributed by atoms with Gasteiger partial charge < -0.3 is 26.7 Å². The Balaban J connectivity index is 0.00000108. The summed E-state index contributed by atoms with van der Waals surface area (Å²) < 4.78 is 5.55. The van der Waals surface area contributed by atoms with E-state index in [0.717, 1.165) is 16.8 Å². The Morgan fingerprint density at radius 2 is 1.59 bits per heavy atom. The van der Waals surface area contributed by atoms with Gasteiger partial charge in [0.15, 0.2) is 5.58 Å². The number of para-hydroxylation sites is 3. The molecular weight excluding hydrogens is 280 g/mol. The summed E-state index contributed by atoms with van der Waals surface area (Å²) in [6, 6.07) is 18.0. The normalized spacial score (nSPS) is 9.88. The van der Waals surface area contributed by atoms with Crippen LogP contribution in [0.5, 0.6) is 0 Å². The molecule has 4 heteroatoms. The van der Waals surface area contributed by atoms with E-state index in [9.17, 15) is 0 Å². The summed E-state index contributed by atoms with van der Waals surface area (Å²) in [5.41, 5.74) is 2.62. The number of anilines is 2. The fourth-order valence-electron chi connectivity index (χ4n) is 1.57. The summed E-state index contributed by atoms with van der Waals surface area (Å²) in [4.78, 5) is 4.33. The van der Waals surface area contributed by atoms with Crippen LogP contribution in [0.1, 0.15) is 0 Å². The first kappa shape index (κ1) is 11.7. The minimum absolute atomic E-state index is 0. The van der Waals surface area contributed by atoms with Gasteiger partial charge in [-0.3, -0.25) is 0 Å². The number of nitrogens with one attached hydrogen (secondary N) is 1. The zero-order chi connectivity index (χ0) is 10.8. The van der Waals surface area contributed by atoms with E-state index >= 15 is 0 Å². The summed E-state index contributed by atoms with van der Waals surface area (Å²) in [6.45, 7) is 0. The quantitative estimate of drug-likeness (QED) is 0.750. The molecule has 1 N–H and O–H groups in total. The molecule has 3 aromatic rings. The van der Waals surface area contributed by atoms with Gasteiger partial charge in [0.05, 0.1) is 0 Å². The first-order valence-corrected chi connectivity index (χ1v) is 5.09. The highest BCUT2D eigenvalue weighted by molar-refractivity contribution is 5.75. The van der Waals surface area contributed by atoms with Gasteiger partial charge in [0.1, 0.15) is 5.52 Å². The number of nitrogens with zero attached hydrogens (tertiary/aromatic N) is 1. The van der Waals surface area contributed by atoms with Gasteiger partial charge in [0.25, 0.3) is 6.01 Å². The lowest BCUT2D eigenvalue weighted by molar-refractivity contribution is -0.00000380. The molecule has 0 bridgehead atoms. The maximum atomic E-state index is 5.55. The second-order valence-electron chi connectivity index (χ2n) is 3.48. The van der Waals surface area contributed by atoms with Crippen molar-refractivity contribution in [2.24, 2.45) is 0 Å². The van der Waals surface area contributed by atoms with Gasteiger partial charge in [0, 0.05) is 5.69 Å². The van der Waals surface area contributed by atoms with Crippen molar-refractivity contribution < 1.29 is 21.4 Å². The number of hydrogen-bond donors (Lipinski definition) is 1. The zero-order valence-electron chi connectivity index (χ0n) is 8.93. The molecule has 0 unspecified atom stereocenters. The lowest BCUT2D eigenvalue weighted by atomic mass is 10.3. The lowest BCUT2D eigenvalue weighted by Crippen LogP contribution is -3.00. The highest BCUT2D eigenvalue weighted by atomic mass is 79.9. The Bertz CT molecular complexity index is 574. The van der Waals surface area contributed by atoms with E-state index < -0.39 is 0 Å². The molecular formula is C13H10BrN2O-. The van der Waals surface area contributed by atoms with Crippen molar-refractivity contribution in [1.82, 2.24) is 4.98 Å². The van der Waals surface area contributed by atoms with Gasteiger partial charge in [-0.2, -0.15) is 4.98 Å². The SMILES string of the molecule is [Br-].c1ccc(Nc2nc3ccccc3o2)cc1. The molecule has 0 aliphatic heterocycles. The molecule has 0 saturated carbocycles. The van der Waals surface area contributed by atoms with Crippen LogP contribution < -0.4 is 22.3 Å². The van der Waals surface area contributed by atoms with Crippen LogP contribution >= 0.6 is 0 Å². The summed E-state index contributed by atoms with van der Waals surface area (Å²) in [5, 5.41) is 3.12. The Morgan fingerprint density at radius 3 is 2.35 bits per heavy atom. The number of fused-ring (bicyclic) bond motifs is 1. The fourth-order valence-corrected chi connectivity index (χ4v) is 1.57. The predicted molar refractivity (Wildman–Crippen MR) is 63.7 cm³/mol. The number of oxazole rings is 1. The average Bonchev–Trinajstić information content (AvgIpc) is 2.72. The molecule has 2 aromatic carbocycles. The van der Waals surface area contributed by atoms with E-state index in [1.807, 2.05) is 54.6 Å². The highest BCUT2D eigenvalue weighted by Crippen LogP contribution is 2.21. The van der Waals surface area contributed by atoms with Crippen LogP contribution in [0, 0.1) is 0 Å². The van der Waals surface area contributed by atoms with Crippen LogP contribution in [0.2, 0.25) is 0 Å². The van der Waals surface area contributed by atoms with E-state index in [2.05, 4.69) is 10.3 Å². The number of benzene rings is 2. The summed E-state index contributed by atoms with van der Waals surface area (Å²) >= 11 is 0. The molecule has 3 nitrogen and oxygen atoms in total. The number of rotatable bonds is 2. The number of hydrogen-bond acceptors (Lipinski definition) is 3. The van der Waals surface area contributed by atoms with Crippen LogP contribution in [0.4, 0.5) is 11.7 Å². The molecule has 0 amide bonds. The van der Waals surface area contributed by atoms with Gasteiger partial charge >= 0.3 is 0 Å². The molecule has 0 fully saturated rings. The van der Waals surface area contributed by atoms with Crippen molar-refractivity contribution >= 4 is 22.8 Å². The monoisotopic (exact) mass is 289 g/mol. The molecule has 0 aliphatic carbocycles. The van der Waals surface area contributed by atoms with Gasteiger partial charge in [-0.15, -0.1) is 0 Å². The van der Waals surface area contributed by atoms with Crippen molar-refractivity contribution in [2.45, 2.75) is 0 Å². The molecule has 0 aliphatic rings. The maximum Gasteiger partial charge on any atom is 0.300 e. The third-order valence-electron chi connectivity index (χ3n) is 2.32. The molecule has 86 valence electrons. The number of aromatic nitrogens is 1. The Labute approximate surface area is 109 Å². The molecule has 17 heavy (non-hydrogen) atoms. The van der Waals surface area contributed by atoms with Crippen LogP contribution in [0.15, 0.2) is 59.0 Å². The summed E-state index contributed by atoms with van der Waals surface area (Å²) in [5.74, 6) is 0. The average molecular weight is 290 g/mol. The minimum atomic E-state index is 0. The second kappa shape index (κ2) is 5.01. The molecule has 3 rings (SSSR count). The second-order valence-corrected chi connectivity index (χ2v) is 3.48. The summed E-state index contributed by atoms with van der Waals surface area (Å²) in [6.07, 6.45) is 0. The first-order chi connectivity index (χ1) is 7.92. The molecule has 0 spiro atoms. The smallest absolute Gasteiger partial charge is 0.300 e. The van der Waals surface area contributed by atoms with Crippen molar-refractivity contribution in [3.05, 3.63) is 54.6 Å². The molecule has 0 saturated heterocycles. The van der Waals surface area contributed by atoms with Crippen molar-refractivity contribution in [2.75, 3.05) is 5.32 Å². The van der Waals surface area contributed by atoms with Gasteiger partial charge in [-0.05, 0) is 24.3 Å². The van der Waals surface area contributed by atoms with Crippen LogP contribution in [0.3, 0.4) is 0 Å². The minimum Gasteiger partial charge on any atom is -1.00 e. The van der Waals surface area contributed by atoms with Crippen LogP contribution in [-0.4, -0.2) is 4.98 Å². The van der Waals surface area contributed by atoms with Gasteiger partial charge in [-0.1, -0.05) is 30.3 Å². The zero-order valence-corrected chi connectivity index (χ0v) is 10.5. The lowest BCUT2D eigenvalue weighted by Gasteiger charge is -1.98. The Morgan fingerprint density at radius 1 is 0.882 bits per heavy atom. The van der Waals surface area contributed by atoms with Crippen molar-refractivity contribution in [3.63, 3.8) is 0 Å². The molecule has 1 heterocycles. The molecule has 0 radical (unpaired) electrons. The third kappa shape index (κ3) is 2.47. The largest absolute Gasteiger partial charge is 1.00 e. The topological polar surface area (TPSA) is 38.1 Å². The Kier molecular flexibility index (Phi) is 3.44. The standard InChI is InChI=1S/C13H10N2O.BrH/c1-2-6-10(7-3-1)14-13-15-11-8-4-5-9-12(11)16-13;/h1-9H,(H,14,15);1H/p-1. The van der Waals surface area contributed by atoms with Crippen molar-refractivity contribution in [3.8, 4) is 0 Å². The number of halogens is 1. The fraction of sp³-hybridized carbons (Fsp3) is 0. The van der Waals surface area contributed by atoms with Gasteiger partial charge in [0.2, 0.25) is 0 Å². The van der Waals surface area contributed by atoms with Gasteiger partial charge in [-0.25, -0.2) is 0 Å². The third-order valence-corrected chi connectivity index (χ3v) is 2.32. The summed E-state index contributed by atoms with van der Waals surface area (Å²) in [7, 11) is 0. The van der Waals surface area contributed by atoms with E-state index in [0.29, 0.717) is 6.01 Å². The first-order valence-electron chi connectivity index (χ1n) is 5.09. The van der Waals surface area contributed by atoms with E-state index in [-0.39, 0.29) is 17.0 Å².